The van der Waals surface area contributed by atoms with E-state index in [2.05, 4.69) is 10.6 Å². The van der Waals surface area contributed by atoms with E-state index < -0.39 is 0 Å². The number of nitrogens with zero attached hydrogens (tertiary/aromatic N) is 1. The molecule has 1 aliphatic rings. The van der Waals surface area contributed by atoms with Crippen LogP contribution >= 0.6 is 11.6 Å². The van der Waals surface area contributed by atoms with E-state index in [4.69, 9.17) is 11.6 Å². The number of amides is 2. The molecule has 1 aliphatic heterocycles. The van der Waals surface area contributed by atoms with Gasteiger partial charge in [0.25, 0.3) is 5.91 Å². The molecule has 6 nitrogen and oxygen atoms in total. The number of piperidine rings is 1. The number of rotatable bonds is 7. The van der Waals surface area contributed by atoms with Gasteiger partial charge in [0.1, 0.15) is 0 Å². The molecule has 0 bridgehead atoms. The molecular formula is C23H28ClN3O3. The van der Waals surface area contributed by atoms with Gasteiger partial charge in [0.2, 0.25) is 5.91 Å². The number of halogens is 1. The first-order valence-corrected chi connectivity index (χ1v) is 10.6. The summed E-state index contributed by atoms with van der Waals surface area (Å²) in [7, 11) is 0. The van der Waals surface area contributed by atoms with Crippen LogP contribution in [0.1, 0.15) is 41.7 Å². The molecule has 2 aromatic carbocycles. The molecule has 30 heavy (non-hydrogen) atoms. The van der Waals surface area contributed by atoms with Crippen molar-refractivity contribution < 1.29 is 14.7 Å². The quantitative estimate of drug-likeness (QED) is 0.629. The highest BCUT2D eigenvalue weighted by Crippen LogP contribution is 2.20. The Morgan fingerprint density at radius 1 is 1.17 bits per heavy atom. The summed E-state index contributed by atoms with van der Waals surface area (Å²) in [4.78, 5) is 26.9. The van der Waals surface area contributed by atoms with Gasteiger partial charge >= 0.3 is 0 Å². The smallest absolute Gasteiger partial charge is 0.253 e. The SMILES string of the molecule is CC(NC(=O)CNc1cccc(C(=O)N2CCC(CO)CC2)c1)c1ccc(Cl)cc1. The maximum atomic E-state index is 12.8. The number of carbonyl (C=O) groups is 2. The maximum Gasteiger partial charge on any atom is 0.253 e. The normalized spacial score (nSPS) is 15.5. The summed E-state index contributed by atoms with van der Waals surface area (Å²) >= 11 is 5.90. The first kappa shape index (κ1) is 22.1. The molecule has 3 N–H and O–H groups in total. The van der Waals surface area contributed by atoms with Gasteiger partial charge in [-0.2, -0.15) is 0 Å². The summed E-state index contributed by atoms with van der Waals surface area (Å²) in [6.45, 7) is 3.53. The zero-order valence-electron chi connectivity index (χ0n) is 17.1. The Morgan fingerprint density at radius 3 is 2.53 bits per heavy atom. The fourth-order valence-electron chi connectivity index (χ4n) is 3.57. The van der Waals surface area contributed by atoms with Crippen molar-refractivity contribution in [3.8, 4) is 0 Å². The first-order valence-electron chi connectivity index (χ1n) is 10.2. The van der Waals surface area contributed by atoms with Crippen LogP contribution < -0.4 is 10.6 Å². The van der Waals surface area contributed by atoms with Crippen LogP contribution in [0.2, 0.25) is 5.02 Å². The van der Waals surface area contributed by atoms with E-state index in [1.807, 2.05) is 36.1 Å². The monoisotopic (exact) mass is 429 g/mol. The Hall–Kier alpha value is -2.57. The van der Waals surface area contributed by atoms with Crippen molar-refractivity contribution in [2.24, 2.45) is 5.92 Å². The third kappa shape index (κ3) is 5.97. The Morgan fingerprint density at radius 2 is 1.87 bits per heavy atom. The minimum absolute atomic E-state index is 0.0177. The molecule has 1 atom stereocenters. The molecular weight excluding hydrogens is 402 g/mol. The molecule has 1 heterocycles. The summed E-state index contributed by atoms with van der Waals surface area (Å²) < 4.78 is 0. The van der Waals surface area contributed by atoms with Gasteiger partial charge in [-0.1, -0.05) is 29.8 Å². The summed E-state index contributed by atoms with van der Waals surface area (Å²) in [5.74, 6) is 0.131. The van der Waals surface area contributed by atoms with Crippen LogP contribution in [0.25, 0.3) is 0 Å². The van der Waals surface area contributed by atoms with E-state index in [0.29, 0.717) is 23.7 Å². The van der Waals surface area contributed by atoms with Gasteiger partial charge in [-0.15, -0.1) is 0 Å². The average Bonchev–Trinajstić information content (AvgIpc) is 2.78. The Bertz CT molecular complexity index is 864. The van der Waals surface area contributed by atoms with Gasteiger partial charge in [0.15, 0.2) is 0 Å². The van der Waals surface area contributed by atoms with Crippen molar-refractivity contribution in [3.63, 3.8) is 0 Å². The standard InChI is InChI=1S/C23H28ClN3O3/c1-16(18-5-7-20(24)8-6-18)26-22(29)14-25-21-4-2-3-19(13-21)23(30)27-11-9-17(15-28)10-12-27/h2-8,13,16-17,25,28H,9-12,14-15H2,1H3,(H,26,29). The second-order valence-electron chi connectivity index (χ2n) is 7.69. The molecule has 3 rings (SSSR count). The first-order chi connectivity index (χ1) is 14.5. The Kier molecular flexibility index (Phi) is 7.71. The minimum Gasteiger partial charge on any atom is -0.396 e. The van der Waals surface area contributed by atoms with Crippen LogP contribution in [0.3, 0.4) is 0 Å². The highest BCUT2D eigenvalue weighted by atomic mass is 35.5. The molecule has 1 fully saturated rings. The number of likely N-dealkylation sites (tertiary alicyclic amines) is 1. The van der Waals surface area contributed by atoms with Gasteiger partial charge < -0.3 is 20.6 Å². The van der Waals surface area contributed by atoms with Crippen LogP contribution in [0.4, 0.5) is 5.69 Å². The third-order valence-corrected chi connectivity index (χ3v) is 5.72. The molecule has 1 unspecified atom stereocenters. The fourth-order valence-corrected chi connectivity index (χ4v) is 3.70. The molecule has 0 aliphatic carbocycles. The van der Waals surface area contributed by atoms with Crippen LogP contribution in [0, 0.1) is 5.92 Å². The van der Waals surface area contributed by atoms with E-state index in [-0.39, 0.29) is 36.9 Å². The minimum atomic E-state index is -0.139. The van der Waals surface area contributed by atoms with Crippen molar-refractivity contribution in [1.82, 2.24) is 10.2 Å². The largest absolute Gasteiger partial charge is 0.396 e. The lowest BCUT2D eigenvalue weighted by molar-refractivity contribution is -0.120. The molecule has 0 spiro atoms. The summed E-state index contributed by atoms with van der Waals surface area (Å²) in [6.07, 6.45) is 1.65. The van der Waals surface area contributed by atoms with Crippen molar-refractivity contribution in [2.75, 3.05) is 31.6 Å². The molecule has 1 saturated heterocycles. The Labute approximate surface area is 182 Å². The predicted octanol–water partition coefficient (Wildman–Crippen LogP) is 3.47. The van der Waals surface area contributed by atoms with Crippen molar-refractivity contribution >= 4 is 29.1 Å². The predicted molar refractivity (Wildman–Crippen MR) is 119 cm³/mol. The zero-order valence-corrected chi connectivity index (χ0v) is 17.9. The number of hydrogen-bond donors (Lipinski definition) is 3. The van der Waals surface area contributed by atoms with Crippen LogP contribution in [-0.2, 0) is 4.79 Å². The molecule has 0 radical (unpaired) electrons. The van der Waals surface area contributed by atoms with Crippen molar-refractivity contribution in [1.29, 1.82) is 0 Å². The number of aliphatic hydroxyl groups excluding tert-OH is 1. The van der Waals surface area contributed by atoms with E-state index >= 15 is 0 Å². The second-order valence-corrected chi connectivity index (χ2v) is 8.13. The molecule has 0 saturated carbocycles. The topological polar surface area (TPSA) is 81.7 Å². The van der Waals surface area contributed by atoms with E-state index in [1.54, 1.807) is 24.3 Å². The van der Waals surface area contributed by atoms with E-state index in [1.165, 1.54) is 0 Å². The number of anilines is 1. The number of benzene rings is 2. The molecule has 2 amide bonds. The number of carbonyl (C=O) groups excluding carboxylic acids is 2. The van der Waals surface area contributed by atoms with Crippen molar-refractivity contribution in [3.05, 3.63) is 64.7 Å². The van der Waals surface area contributed by atoms with E-state index in [0.717, 1.165) is 24.1 Å². The summed E-state index contributed by atoms with van der Waals surface area (Å²) in [5, 5.41) is 15.9. The molecule has 160 valence electrons. The highest BCUT2D eigenvalue weighted by Gasteiger charge is 2.23. The van der Waals surface area contributed by atoms with Crippen LogP contribution in [-0.4, -0.2) is 48.1 Å². The molecule has 0 aromatic heterocycles. The van der Waals surface area contributed by atoms with Gasteiger partial charge in [0.05, 0.1) is 12.6 Å². The lowest BCUT2D eigenvalue weighted by atomic mass is 9.97. The van der Waals surface area contributed by atoms with E-state index in [9.17, 15) is 14.7 Å². The zero-order chi connectivity index (χ0) is 21.5. The lowest BCUT2D eigenvalue weighted by Crippen LogP contribution is -2.39. The van der Waals surface area contributed by atoms with Gasteiger partial charge in [0, 0.05) is 36.0 Å². The Balaban J connectivity index is 1.51. The maximum absolute atomic E-state index is 12.8. The average molecular weight is 430 g/mol. The summed E-state index contributed by atoms with van der Waals surface area (Å²) in [5.41, 5.74) is 2.29. The van der Waals surface area contributed by atoms with Crippen LogP contribution in [0.5, 0.6) is 0 Å². The number of aliphatic hydroxyl groups is 1. The summed E-state index contributed by atoms with van der Waals surface area (Å²) in [6, 6.07) is 14.4. The number of hydrogen-bond acceptors (Lipinski definition) is 4. The molecule has 2 aromatic rings. The van der Waals surface area contributed by atoms with Crippen molar-refractivity contribution in [2.45, 2.75) is 25.8 Å². The number of nitrogens with one attached hydrogen (secondary N) is 2. The van der Waals surface area contributed by atoms with Gasteiger partial charge in [-0.3, -0.25) is 9.59 Å². The third-order valence-electron chi connectivity index (χ3n) is 5.47. The molecule has 7 heteroatoms. The second kappa shape index (κ2) is 10.5. The van der Waals surface area contributed by atoms with Crippen LogP contribution in [0.15, 0.2) is 48.5 Å². The van der Waals surface area contributed by atoms with Gasteiger partial charge in [-0.05, 0) is 61.6 Å². The van der Waals surface area contributed by atoms with Gasteiger partial charge in [-0.25, -0.2) is 0 Å². The highest BCUT2D eigenvalue weighted by molar-refractivity contribution is 6.30. The lowest BCUT2D eigenvalue weighted by Gasteiger charge is -2.31. The fraction of sp³-hybridized carbons (Fsp3) is 0.391.